The van der Waals surface area contributed by atoms with E-state index in [2.05, 4.69) is 12.1 Å². The van der Waals surface area contributed by atoms with Crippen molar-refractivity contribution in [2.75, 3.05) is 0 Å². The number of unbranched alkanes of at least 4 members (excludes halogenated alkanes) is 26. The fourth-order valence-corrected chi connectivity index (χ4v) is 4.99. The van der Waals surface area contributed by atoms with E-state index >= 15 is 0 Å². The molecule has 0 spiro atoms. The van der Waals surface area contributed by atoms with Gasteiger partial charge in [0.2, 0.25) is 0 Å². The molecular formula is C31H63NO. The van der Waals surface area contributed by atoms with Gasteiger partial charge in [-0.1, -0.05) is 185 Å². The molecule has 2 nitrogen and oxygen atoms in total. The van der Waals surface area contributed by atoms with Crippen LogP contribution in [0, 0.1) is 4.91 Å². The highest BCUT2D eigenvalue weighted by atomic mass is 16.3. The predicted octanol–water partition coefficient (Wildman–Crippen LogP) is 12.1. The third kappa shape index (κ3) is 29.6. The van der Waals surface area contributed by atoms with Crippen LogP contribution in [-0.4, -0.2) is 6.04 Å². The molecule has 0 aromatic carbocycles. The highest BCUT2D eigenvalue weighted by molar-refractivity contribution is 4.58. The minimum atomic E-state index is 0.0178. The first kappa shape index (κ1) is 32.6. The molecule has 0 N–H and O–H groups in total. The zero-order valence-corrected chi connectivity index (χ0v) is 23.2. The van der Waals surface area contributed by atoms with Crippen LogP contribution in [0.25, 0.3) is 0 Å². The van der Waals surface area contributed by atoms with Crippen molar-refractivity contribution in [1.29, 1.82) is 0 Å². The summed E-state index contributed by atoms with van der Waals surface area (Å²) < 4.78 is 0. The summed E-state index contributed by atoms with van der Waals surface area (Å²) in [5.74, 6) is 0. The second-order valence-corrected chi connectivity index (χ2v) is 10.9. The van der Waals surface area contributed by atoms with Gasteiger partial charge in [0.1, 0.15) is 0 Å². The maximum atomic E-state index is 10.3. The summed E-state index contributed by atoms with van der Waals surface area (Å²) in [7, 11) is 0. The molecule has 0 aliphatic heterocycles. The van der Waals surface area contributed by atoms with Crippen LogP contribution in [0.15, 0.2) is 5.18 Å². The second-order valence-electron chi connectivity index (χ2n) is 10.9. The Morgan fingerprint density at radius 1 is 0.394 bits per heavy atom. The van der Waals surface area contributed by atoms with E-state index in [0.29, 0.717) is 0 Å². The van der Waals surface area contributed by atoms with Gasteiger partial charge in [0.25, 0.3) is 0 Å². The Morgan fingerprint density at radius 2 is 0.606 bits per heavy atom. The van der Waals surface area contributed by atoms with Gasteiger partial charge in [0, 0.05) is 0 Å². The molecule has 0 heterocycles. The third-order valence-electron chi connectivity index (χ3n) is 7.41. The first-order valence-corrected chi connectivity index (χ1v) is 15.6. The summed E-state index contributed by atoms with van der Waals surface area (Å²) in [4.78, 5) is 10.3. The van der Waals surface area contributed by atoms with Crippen LogP contribution in [0.3, 0.4) is 0 Å². The molecule has 0 aromatic rings. The Morgan fingerprint density at radius 3 is 0.818 bits per heavy atom. The van der Waals surface area contributed by atoms with Crippen LogP contribution in [0.4, 0.5) is 0 Å². The SMILES string of the molecule is CCCCCCCCCCCCCCCCCCCCCCCCCCCCCC(C)N=O. The lowest BCUT2D eigenvalue weighted by Gasteiger charge is -2.05. The van der Waals surface area contributed by atoms with Gasteiger partial charge in [-0.15, -0.1) is 0 Å². The van der Waals surface area contributed by atoms with Crippen molar-refractivity contribution in [1.82, 2.24) is 0 Å². The minimum absolute atomic E-state index is 0.0178. The van der Waals surface area contributed by atoms with Crippen molar-refractivity contribution in [2.24, 2.45) is 5.18 Å². The molecule has 0 bridgehead atoms. The Balaban J connectivity index is 3.02. The van der Waals surface area contributed by atoms with Gasteiger partial charge in [0.15, 0.2) is 0 Å². The number of nitroso groups, excluding NO2 is 1. The molecule has 2 heteroatoms. The average molecular weight is 466 g/mol. The lowest BCUT2D eigenvalue weighted by Crippen LogP contribution is -1.95. The minimum Gasteiger partial charge on any atom is -0.151 e. The van der Waals surface area contributed by atoms with Crippen LogP contribution >= 0.6 is 0 Å². The van der Waals surface area contributed by atoms with E-state index in [-0.39, 0.29) is 6.04 Å². The molecule has 0 aliphatic carbocycles. The summed E-state index contributed by atoms with van der Waals surface area (Å²) in [5.41, 5.74) is 0. The van der Waals surface area contributed by atoms with Gasteiger partial charge >= 0.3 is 0 Å². The van der Waals surface area contributed by atoms with Crippen LogP contribution in [0.5, 0.6) is 0 Å². The maximum absolute atomic E-state index is 10.3. The topological polar surface area (TPSA) is 29.4 Å². The summed E-state index contributed by atoms with van der Waals surface area (Å²) in [6.45, 7) is 4.22. The van der Waals surface area contributed by atoms with E-state index in [1.165, 1.54) is 173 Å². The monoisotopic (exact) mass is 465 g/mol. The molecule has 0 amide bonds. The van der Waals surface area contributed by atoms with Crippen molar-refractivity contribution in [2.45, 2.75) is 200 Å². The highest BCUT2D eigenvalue weighted by Gasteiger charge is 2.00. The van der Waals surface area contributed by atoms with E-state index in [1.54, 1.807) is 0 Å². The summed E-state index contributed by atoms with van der Waals surface area (Å²) in [5, 5.41) is 3.07. The maximum Gasteiger partial charge on any atom is 0.0891 e. The fourth-order valence-electron chi connectivity index (χ4n) is 4.99. The van der Waals surface area contributed by atoms with Crippen LogP contribution in [0.1, 0.15) is 194 Å². The van der Waals surface area contributed by atoms with Crippen molar-refractivity contribution >= 4 is 0 Å². The number of hydrogen-bond acceptors (Lipinski definition) is 2. The average Bonchev–Trinajstić information content (AvgIpc) is 2.83. The lowest BCUT2D eigenvalue weighted by atomic mass is 10.0. The molecule has 0 saturated carbocycles. The van der Waals surface area contributed by atoms with Crippen LogP contribution in [-0.2, 0) is 0 Å². The lowest BCUT2D eigenvalue weighted by molar-refractivity contribution is 0.512. The van der Waals surface area contributed by atoms with E-state index < -0.39 is 0 Å². The Hall–Kier alpha value is -0.400. The van der Waals surface area contributed by atoms with Gasteiger partial charge in [-0.3, -0.25) is 0 Å². The molecule has 1 unspecified atom stereocenters. The second kappa shape index (κ2) is 29.6. The Bertz CT molecular complexity index is 357. The van der Waals surface area contributed by atoms with E-state index in [4.69, 9.17) is 0 Å². The largest absolute Gasteiger partial charge is 0.151 e. The van der Waals surface area contributed by atoms with Crippen molar-refractivity contribution < 1.29 is 0 Å². The molecule has 0 fully saturated rings. The first-order chi connectivity index (χ1) is 16.3. The molecule has 33 heavy (non-hydrogen) atoms. The number of nitrogens with zero attached hydrogens (tertiary/aromatic N) is 1. The zero-order valence-electron chi connectivity index (χ0n) is 23.2. The van der Waals surface area contributed by atoms with Crippen LogP contribution in [0.2, 0.25) is 0 Å². The smallest absolute Gasteiger partial charge is 0.0891 e. The molecule has 0 rings (SSSR count). The summed E-state index contributed by atoms with van der Waals surface area (Å²) >= 11 is 0. The van der Waals surface area contributed by atoms with Crippen molar-refractivity contribution in [3.63, 3.8) is 0 Å². The van der Waals surface area contributed by atoms with Gasteiger partial charge in [0.05, 0.1) is 6.04 Å². The van der Waals surface area contributed by atoms with Crippen LogP contribution < -0.4 is 0 Å². The standard InChI is InChI=1S/C31H63NO/c1-3-4-5-6-7-8-9-10-11-12-13-14-15-16-17-18-19-20-21-22-23-24-25-26-27-28-29-30-31(2)32-33/h31H,3-30H2,1-2H3. The predicted molar refractivity (Wildman–Crippen MR) is 150 cm³/mol. The van der Waals surface area contributed by atoms with E-state index in [9.17, 15) is 4.91 Å². The Labute approximate surface area is 209 Å². The molecule has 0 saturated heterocycles. The highest BCUT2D eigenvalue weighted by Crippen LogP contribution is 2.16. The first-order valence-electron chi connectivity index (χ1n) is 15.6. The normalized spacial score (nSPS) is 12.3. The quantitative estimate of drug-likeness (QED) is 0.0797. The van der Waals surface area contributed by atoms with Gasteiger partial charge < -0.3 is 0 Å². The fraction of sp³-hybridized carbons (Fsp3) is 1.00. The zero-order chi connectivity index (χ0) is 24.1. The van der Waals surface area contributed by atoms with Gasteiger partial charge in [-0.05, 0) is 13.3 Å². The van der Waals surface area contributed by atoms with Gasteiger partial charge in [-0.2, -0.15) is 4.91 Å². The van der Waals surface area contributed by atoms with E-state index in [1.807, 2.05) is 6.92 Å². The summed E-state index contributed by atoms with van der Waals surface area (Å²) in [6, 6.07) is 0.0178. The third-order valence-corrected chi connectivity index (χ3v) is 7.41. The number of hydrogen-bond donors (Lipinski definition) is 0. The van der Waals surface area contributed by atoms with Gasteiger partial charge in [-0.25, -0.2) is 0 Å². The molecular weight excluding hydrogens is 402 g/mol. The summed E-state index contributed by atoms with van der Waals surface area (Å²) in [6.07, 6.45) is 39.7. The Kier molecular flexibility index (Phi) is 29.3. The van der Waals surface area contributed by atoms with Crippen molar-refractivity contribution in [3.05, 3.63) is 4.91 Å². The molecule has 0 aliphatic rings. The van der Waals surface area contributed by atoms with E-state index in [0.717, 1.165) is 6.42 Å². The van der Waals surface area contributed by atoms with Crippen molar-refractivity contribution in [3.8, 4) is 0 Å². The molecule has 1 atom stereocenters. The molecule has 198 valence electrons. The molecule has 0 aromatic heterocycles. The number of rotatable bonds is 29. The molecule has 0 radical (unpaired) electrons.